The Morgan fingerprint density at radius 1 is 0.903 bits per heavy atom. The Hall–Kier alpha value is -2.94. The average Bonchev–Trinajstić information content (AvgIpc) is 3.00. The van der Waals surface area contributed by atoms with E-state index in [0.29, 0.717) is 6.54 Å². The second-order valence-corrected chi connectivity index (χ2v) is 7.32. The van der Waals surface area contributed by atoms with Gasteiger partial charge in [0.1, 0.15) is 5.75 Å². The van der Waals surface area contributed by atoms with Crippen LogP contribution in [-0.2, 0) is 16.1 Å². The van der Waals surface area contributed by atoms with Crippen molar-refractivity contribution in [3.63, 3.8) is 0 Å². The third-order valence-electron chi connectivity index (χ3n) is 5.04. The number of carbonyl (C=O) groups is 2. The van der Waals surface area contributed by atoms with Gasteiger partial charge in [-0.1, -0.05) is 42.5 Å². The Morgan fingerprint density at radius 3 is 2.06 bits per heavy atom. The lowest BCUT2D eigenvalue weighted by atomic mass is 10.1. The minimum atomic E-state index is -1.82. The summed E-state index contributed by atoms with van der Waals surface area (Å²) in [5.74, 6) is -2.74. The predicted molar refractivity (Wildman–Crippen MR) is 116 cm³/mol. The SMILES string of the molecule is COc1ccc(CN2CCCN(CC(O)c3ccccc3)CC2)cc1.O=C(O)C(=O)O. The van der Waals surface area contributed by atoms with Crippen LogP contribution in [0.3, 0.4) is 0 Å². The number of benzene rings is 2. The first-order valence-corrected chi connectivity index (χ1v) is 10.2. The van der Waals surface area contributed by atoms with E-state index < -0.39 is 18.0 Å². The van der Waals surface area contributed by atoms with Gasteiger partial charge < -0.3 is 20.1 Å². The van der Waals surface area contributed by atoms with Crippen LogP contribution in [0.15, 0.2) is 54.6 Å². The van der Waals surface area contributed by atoms with E-state index in [9.17, 15) is 5.11 Å². The predicted octanol–water partition coefficient (Wildman–Crippen LogP) is 2.09. The molecule has 1 saturated heterocycles. The Bertz CT molecular complexity index is 801. The Morgan fingerprint density at radius 2 is 1.48 bits per heavy atom. The van der Waals surface area contributed by atoms with E-state index in [1.54, 1.807) is 7.11 Å². The molecule has 8 nitrogen and oxygen atoms in total. The standard InChI is InChI=1S/C21H28N2O2.C2H2O4/c1-25-20-10-8-18(9-11-20)16-22-12-5-13-23(15-14-22)17-21(24)19-6-3-2-4-7-19;3-1(4)2(5)6/h2-4,6-11,21,24H,5,12-17H2,1H3;(H,3,4)(H,5,6). The normalized spacial score (nSPS) is 15.8. The van der Waals surface area contributed by atoms with Gasteiger partial charge in [0.2, 0.25) is 0 Å². The summed E-state index contributed by atoms with van der Waals surface area (Å²) in [4.78, 5) is 23.1. The first kappa shape index (κ1) is 24.3. The molecule has 0 radical (unpaired) electrons. The number of carboxylic acid groups (broad SMARTS) is 2. The van der Waals surface area contributed by atoms with Gasteiger partial charge in [-0.15, -0.1) is 0 Å². The van der Waals surface area contributed by atoms with Crippen molar-refractivity contribution < 1.29 is 29.6 Å². The summed E-state index contributed by atoms with van der Waals surface area (Å²) >= 11 is 0. The fraction of sp³-hybridized carbons (Fsp3) is 0.391. The van der Waals surface area contributed by atoms with Gasteiger partial charge in [-0.05, 0) is 42.8 Å². The largest absolute Gasteiger partial charge is 0.497 e. The number of aliphatic hydroxyl groups is 1. The highest BCUT2D eigenvalue weighted by Gasteiger charge is 2.18. The number of β-amino-alcohol motifs (C(OH)–C–C–N with tert-alkyl or cyclic N) is 1. The van der Waals surface area contributed by atoms with E-state index in [1.807, 2.05) is 42.5 Å². The third-order valence-corrected chi connectivity index (χ3v) is 5.04. The Labute approximate surface area is 182 Å². The minimum absolute atomic E-state index is 0.408. The Balaban J connectivity index is 0.000000501. The highest BCUT2D eigenvalue weighted by Crippen LogP contribution is 2.17. The first-order valence-electron chi connectivity index (χ1n) is 10.2. The van der Waals surface area contributed by atoms with Gasteiger partial charge in [0, 0.05) is 26.2 Å². The first-order chi connectivity index (χ1) is 14.9. The van der Waals surface area contributed by atoms with Crippen molar-refractivity contribution >= 4 is 11.9 Å². The highest BCUT2D eigenvalue weighted by molar-refractivity contribution is 6.27. The van der Waals surface area contributed by atoms with Gasteiger partial charge in [0.15, 0.2) is 0 Å². The number of aliphatic carboxylic acids is 2. The van der Waals surface area contributed by atoms with E-state index in [2.05, 4.69) is 21.9 Å². The second-order valence-electron chi connectivity index (χ2n) is 7.32. The highest BCUT2D eigenvalue weighted by atomic mass is 16.5. The molecule has 0 aliphatic carbocycles. The molecule has 0 spiro atoms. The van der Waals surface area contributed by atoms with Gasteiger partial charge in [0.05, 0.1) is 13.2 Å². The fourth-order valence-corrected chi connectivity index (χ4v) is 3.38. The maximum Gasteiger partial charge on any atom is 0.414 e. The summed E-state index contributed by atoms with van der Waals surface area (Å²) in [7, 11) is 1.70. The van der Waals surface area contributed by atoms with E-state index in [-0.39, 0.29) is 0 Å². The van der Waals surface area contributed by atoms with Crippen LogP contribution in [-0.4, -0.2) is 76.9 Å². The van der Waals surface area contributed by atoms with Crippen LogP contribution in [0.5, 0.6) is 5.75 Å². The summed E-state index contributed by atoms with van der Waals surface area (Å²) in [6.07, 6.45) is 0.729. The van der Waals surface area contributed by atoms with E-state index in [0.717, 1.165) is 50.5 Å². The van der Waals surface area contributed by atoms with Crippen LogP contribution >= 0.6 is 0 Å². The molecule has 3 N–H and O–H groups in total. The number of hydrogen-bond acceptors (Lipinski definition) is 6. The molecule has 3 rings (SSSR count). The molecule has 1 atom stereocenters. The van der Waals surface area contributed by atoms with Crippen LogP contribution in [0.25, 0.3) is 0 Å². The molecule has 0 saturated carbocycles. The lowest BCUT2D eigenvalue weighted by Gasteiger charge is -2.24. The number of hydrogen-bond donors (Lipinski definition) is 3. The summed E-state index contributed by atoms with van der Waals surface area (Å²) in [6.45, 7) is 5.86. The number of carboxylic acids is 2. The van der Waals surface area contributed by atoms with E-state index in [4.69, 9.17) is 24.5 Å². The fourth-order valence-electron chi connectivity index (χ4n) is 3.38. The van der Waals surface area contributed by atoms with Gasteiger partial charge in [0.25, 0.3) is 0 Å². The van der Waals surface area contributed by atoms with Gasteiger partial charge in [-0.3, -0.25) is 9.80 Å². The van der Waals surface area contributed by atoms with Crippen molar-refractivity contribution in [3.8, 4) is 5.75 Å². The molecule has 0 aromatic heterocycles. The van der Waals surface area contributed by atoms with Gasteiger partial charge >= 0.3 is 11.9 Å². The van der Waals surface area contributed by atoms with Crippen molar-refractivity contribution in [2.75, 3.05) is 39.8 Å². The molecule has 2 aromatic rings. The maximum atomic E-state index is 10.4. The second kappa shape index (κ2) is 12.7. The number of ether oxygens (including phenoxy) is 1. The van der Waals surface area contributed by atoms with Crippen molar-refractivity contribution in [2.45, 2.75) is 19.1 Å². The smallest absolute Gasteiger partial charge is 0.414 e. The molecule has 1 unspecified atom stereocenters. The van der Waals surface area contributed by atoms with Crippen molar-refractivity contribution in [2.24, 2.45) is 0 Å². The molecule has 2 aromatic carbocycles. The molecule has 0 bridgehead atoms. The molecular formula is C23H30N2O6. The van der Waals surface area contributed by atoms with Crippen LogP contribution in [0.2, 0.25) is 0 Å². The van der Waals surface area contributed by atoms with Crippen molar-refractivity contribution in [3.05, 3.63) is 65.7 Å². The molecular weight excluding hydrogens is 400 g/mol. The molecule has 1 aliphatic rings. The number of methoxy groups -OCH3 is 1. The van der Waals surface area contributed by atoms with Crippen molar-refractivity contribution in [1.82, 2.24) is 9.80 Å². The summed E-state index contributed by atoms with van der Waals surface area (Å²) in [5, 5.41) is 25.2. The van der Waals surface area contributed by atoms with Crippen molar-refractivity contribution in [1.29, 1.82) is 0 Å². The van der Waals surface area contributed by atoms with Gasteiger partial charge in [-0.2, -0.15) is 0 Å². The lowest BCUT2D eigenvalue weighted by molar-refractivity contribution is -0.159. The van der Waals surface area contributed by atoms with Crippen LogP contribution in [0, 0.1) is 0 Å². The monoisotopic (exact) mass is 430 g/mol. The topological polar surface area (TPSA) is 111 Å². The third kappa shape index (κ3) is 8.75. The molecule has 0 amide bonds. The van der Waals surface area contributed by atoms with E-state index in [1.165, 1.54) is 5.56 Å². The quantitative estimate of drug-likeness (QED) is 0.598. The van der Waals surface area contributed by atoms with Crippen LogP contribution in [0.4, 0.5) is 0 Å². The zero-order chi connectivity index (χ0) is 22.6. The summed E-state index contributed by atoms with van der Waals surface area (Å²) < 4.78 is 5.22. The molecule has 1 aliphatic heterocycles. The summed E-state index contributed by atoms with van der Waals surface area (Å²) in [6, 6.07) is 18.3. The lowest BCUT2D eigenvalue weighted by Crippen LogP contribution is -2.33. The number of aliphatic hydroxyl groups excluding tert-OH is 1. The van der Waals surface area contributed by atoms with Gasteiger partial charge in [-0.25, -0.2) is 9.59 Å². The van der Waals surface area contributed by atoms with Crippen LogP contribution < -0.4 is 4.74 Å². The number of nitrogens with zero attached hydrogens (tertiary/aromatic N) is 2. The molecule has 168 valence electrons. The Kier molecular flexibility index (Phi) is 9.96. The average molecular weight is 431 g/mol. The molecule has 1 fully saturated rings. The van der Waals surface area contributed by atoms with E-state index >= 15 is 0 Å². The molecule has 8 heteroatoms. The van der Waals surface area contributed by atoms with Crippen LogP contribution in [0.1, 0.15) is 23.7 Å². The minimum Gasteiger partial charge on any atom is -0.497 e. The molecule has 31 heavy (non-hydrogen) atoms. The summed E-state index contributed by atoms with van der Waals surface area (Å²) in [5.41, 5.74) is 2.32. The zero-order valence-corrected chi connectivity index (χ0v) is 17.7. The zero-order valence-electron chi connectivity index (χ0n) is 17.7. The maximum absolute atomic E-state index is 10.4. The molecule has 1 heterocycles. The number of rotatable bonds is 6.